The van der Waals surface area contributed by atoms with Crippen LogP contribution in [0.4, 0.5) is 5.82 Å². The fourth-order valence-corrected chi connectivity index (χ4v) is 1.85. The molecule has 1 aromatic heterocycles. The van der Waals surface area contributed by atoms with Gasteiger partial charge in [-0.2, -0.15) is 0 Å². The maximum absolute atomic E-state index is 11.4. The Kier molecular flexibility index (Phi) is 2.62. The van der Waals surface area contributed by atoms with Crippen molar-refractivity contribution < 1.29 is 8.42 Å². The molecule has 1 heterocycles. The molecular weight excluding hydrogens is 214 g/mol. The van der Waals surface area contributed by atoms with Gasteiger partial charge in [0.05, 0.1) is 0 Å². The Morgan fingerprint density at radius 3 is 2.60 bits per heavy atom. The minimum Gasteiger partial charge on any atom is -0.367 e. The lowest BCUT2D eigenvalue weighted by Crippen LogP contribution is -2.18. The van der Waals surface area contributed by atoms with Crippen LogP contribution in [0.5, 0.6) is 0 Å². The third-order valence-corrected chi connectivity index (χ3v) is 3.64. The molecule has 2 rings (SSSR count). The second-order valence-corrected chi connectivity index (χ2v) is 5.39. The van der Waals surface area contributed by atoms with Crippen LogP contribution in [-0.2, 0) is 10.0 Å². The Bertz CT molecular complexity index is 437. The van der Waals surface area contributed by atoms with Gasteiger partial charge in [-0.25, -0.2) is 18.1 Å². The standard InChI is InChI=1S/C9H13N3O2S/c1-10-15(13,14)8-4-5-9(11-6-8)12-7-2-3-7/h4-7,10H,2-3H2,1H3,(H,11,12). The molecule has 82 valence electrons. The molecule has 1 aliphatic rings. The molecule has 0 amide bonds. The van der Waals surface area contributed by atoms with Crippen LogP contribution in [0.1, 0.15) is 12.8 Å². The van der Waals surface area contributed by atoms with E-state index in [-0.39, 0.29) is 4.90 Å². The SMILES string of the molecule is CNS(=O)(=O)c1ccc(NC2CC2)nc1. The van der Waals surface area contributed by atoms with Crippen molar-refractivity contribution in [3.05, 3.63) is 18.3 Å². The first kappa shape index (κ1) is 10.4. The van der Waals surface area contributed by atoms with Crippen molar-refractivity contribution >= 4 is 15.8 Å². The Morgan fingerprint density at radius 2 is 2.13 bits per heavy atom. The van der Waals surface area contributed by atoms with E-state index < -0.39 is 10.0 Å². The number of pyridine rings is 1. The molecule has 2 N–H and O–H groups in total. The van der Waals surface area contributed by atoms with Gasteiger partial charge < -0.3 is 5.32 Å². The van der Waals surface area contributed by atoms with Crippen molar-refractivity contribution in [2.24, 2.45) is 0 Å². The van der Waals surface area contributed by atoms with Crippen molar-refractivity contribution in [1.29, 1.82) is 0 Å². The van der Waals surface area contributed by atoms with E-state index in [0.717, 1.165) is 18.7 Å². The number of aromatic nitrogens is 1. The van der Waals surface area contributed by atoms with Crippen LogP contribution in [0.15, 0.2) is 23.2 Å². The van der Waals surface area contributed by atoms with Gasteiger partial charge in [-0.15, -0.1) is 0 Å². The number of anilines is 1. The first-order valence-electron chi connectivity index (χ1n) is 4.78. The normalized spacial score (nSPS) is 16.3. The minimum absolute atomic E-state index is 0.186. The van der Waals surface area contributed by atoms with Gasteiger partial charge in [0.25, 0.3) is 0 Å². The lowest BCUT2D eigenvalue weighted by atomic mass is 10.4. The van der Waals surface area contributed by atoms with Gasteiger partial charge >= 0.3 is 0 Å². The van der Waals surface area contributed by atoms with Gasteiger partial charge in [-0.3, -0.25) is 0 Å². The maximum atomic E-state index is 11.4. The molecule has 0 spiro atoms. The summed E-state index contributed by atoms with van der Waals surface area (Å²) in [5.74, 6) is 0.729. The smallest absolute Gasteiger partial charge is 0.241 e. The summed E-state index contributed by atoms with van der Waals surface area (Å²) in [7, 11) is -1.99. The van der Waals surface area contributed by atoms with Crippen molar-refractivity contribution in [3.63, 3.8) is 0 Å². The summed E-state index contributed by atoms with van der Waals surface area (Å²) in [5, 5.41) is 3.19. The molecule has 0 atom stereocenters. The Balaban J connectivity index is 2.15. The second-order valence-electron chi connectivity index (χ2n) is 3.51. The first-order chi connectivity index (χ1) is 7.12. The molecule has 1 saturated carbocycles. The van der Waals surface area contributed by atoms with Crippen LogP contribution in [0, 0.1) is 0 Å². The highest BCUT2D eigenvalue weighted by Crippen LogP contribution is 2.23. The molecule has 0 unspecified atom stereocenters. The largest absolute Gasteiger partial charge is 0.367 e. The van der Waals surface area contributed by atoms with E-state index in [9.17, 15) is 8.42 Å². The van der Waals surface area contributed by atoms with Gasteiger partial charge in [0.2, 0.25) is 10.0 Å². The summed E-state index contributed by atoms with van der Waals surface area (Å²) >= 11 is 0. The van der Waals surface area contributed by atoms with E-state index >= 15 is 0 Å². The monoisotopic (exact) mass is 227 g/mol. The summed E-state index contributed by atoms with van der Waals surface area (Å²) in [5.41, 5.74) is 0. The number of rotatable bonds is 4. The van der Waals surface area contributed by atoms with Gasteiger partial charge in [-0.05, 0) is 32.0 Å². The molecule has 15 heavy (non-hydrogen) atoms. The fourth-order valence-electron chi connectivity index (χ4n) is 1.18. The van der Waals surface area contributed by atoms with Gasteiger partial charge in [0, 0.05) is 12.2 Å². The fraction of sp³-hybridized carbons (Fsp3) is 0.444. The summed E-state index contributed by atoms with van der Waals surface area (Å²) in [4.78, 5) is 4.23. The van der Waals surface area contributed by atoms with Crippen molar-refractivity contribution in [2.45, 2.75) is 23.8 Å². The predicted octanol–water partition coefficient (Wildman–Crippen LogP) is 0.564. The molecule has 1 aromatic rings. The summed E-state index contributed by atoms with van der Waals surface area (Å²) in [6.45, 7) is 0. The molecule has 6 heteroatoms. The van der Waals surface area contributed by atoms with Crippen LogP contribution in [0.25, 0.3) is 0 Å². The summed E-state index contributed by atoms with van der Waals surface area (Å²) in [6.07, 6.45) is 3.69. The zero-order chi connectivity index (χ0) is 10.9. The molecule has 0 bridgehead atoms. The average Bonchev–Trinajstić information content (AvgIpc) is 3.03. The zero-order valence-electron chi connectivity index (χ0n) is 8.40. The third kappa shape index (κ3) is 2.45. The van der Waals surface area contributed by atoms with E-state index in [0.29, 0.717) is 6.04 Å². The summed E-state index contributed by atoms with van der Waals surface area (Å²) in [6, 6.07) is 3.75. The maximum Gasteiger partial charge on any atom is 0.241 e. The zero-order valence-corrected chi connectivity index (χ0v) is 9.21. The lowest BCUT2D eigenvalue weighted by Gasteiger charge is -2.05. The molecule has 5 nitrogen and oxygen atoms in total. The highest BCUT2D eigenvalue weighted by Gasteiger charge is 2.21. The number of hydrogen-bond acceptors (Lipinski definition) is 4. The van der Waals surface area contributed by atoms with Gasteiger partial charge in [0.15, 0.2) is 0 Å². The van der Waals surface area contributed by atoms with E-state index in [1.54, 1.807) is 12.1 Å². The number of nitrogens with one attached hydrogen (secondary N) is 2. The van der Waals surface area contributed by atoms with Crippen LogP contribution >= 0.6 is 0 Å². The number of nitrogens with zero attached hydrogens (tertiary/aromatic N) is 1. The summed E-state index contributed by atoms with van der Waals surface area (Å²) < 4.78 is 25.0. The van der Waals surface area contributed by atoms with Crippen LogP contribution in [0.2, 0.25) is 0 Å². The van der Waals surface area contributed by atoms with E-state index in [1.807, 2.05) is 0 Å². The van der Waals surface area contributed by atoms with Crippen LogP contribution < -0.4 is 10.0 Å². The Hall–Kier alpha value is -1.14. The lowest BCUT2D eigenvalue weighted by molar-refractivity contribution is 0.588. The molecule has 1 aliphatic carbocycles. The molecular formula is C9H13N3O2S. The average molecular weight is 227 g/mol. The van der Waals surface area contributed by atoms with Crippen LogP contribution in [-0.4, -0.2) is 26.5 Å². The van der Waals surface area contributed by atoms with Crippen molar-refractivity contribution in [3.8, 4) is 0 Å². The van der Waals surface area contributed by atoms with E-state index in [2.05, 4.69) is 15.0 Å². The van der Waals surface area contributed by atoms with Crippen molar-refractivity contribution in [2.75, 3.05) is 12.4 Å². The van der Waals surface area contributed by atoms with E-state index in [1.165, 1.54) is 13.2 Å². The molecule has 0 radical (unpaired) electrons. The second kappa shape index (κ2) is 3.79. The Morgan fingerprint density at radius 1 is 1.40 bits per heavy atom. The molecule has 0 aliphatic heterocycles. The van der Waals surface area contributed by atoms with Crippen LogP contribution in [0.3, 0.4) is 0 Å². The highest BCUT2D eigenvalue weighted by molar-refractivity contribution is 7.89. The van der Waals surface area contributed by atoms with Gasteiger partial charge in [-0.1, -0.05) is 0 Å². The highest BCUT2D eigenvalue weighted by atomic mass is 32.2. The molecule has 1 fully saturated rings. The predicted molar refractivity (Wildman–Crippen MR) is 57.1 cm³/mol. The number of hydrogen-bond donors (Lipinski definition) is 2. The van der Waals surface area contributed by atoms with Crippen molar-refractivity contribution in [1.82, 2.24) is 9.71 Å². The molecule has 0 saturated heterocycles. The third-order valence-electron chi connectivity index (χ3n) is 2.24. The van der Waals surface area contributed by atoms with E-state index in [4.69, 9.17) is 0 Å². The van der Waals surface area contributed by atoms with Gasteiger partial charge in [0.1, 0.15) is 10.7 Å². The Labute approximate surface area is 89.0 Å². The topological polar surface area (TPSA) is 71.1 Å². The first-order valence-corrected chi connectivity index (χ1v) is 6.26. The molecule has 0 aromatic carbocycles. The quantitative estimate of drug-likeness (QED) is 0.788. The number of sulfonamides is 1. The minimum atomic E-state index is -3.37.